The first kappa shape index (κ1) is 11.9. The molecule has 1 aliphatic heterocycles. The zero-order valence-electron chi connectivity index (χ0n) is 9.15. The molecule has 0 saturated carbocycles. The van der Waals surface area contributed by atoms with Crippen LogP contribution in [0.5, 0.6) is 0 Å². The second-order valence-electron chi connectivity index (χ2n) is 5.04. The van der Waals surface area contributed by atoms with Gasteiger partial charge in [-0.05, 0) is 0 Å². The predicted octanol–water partition coefficient (Wildman–Crippen LogP) is -1.60. The van der Waals surface area contributed by atoms with Crippen molar-refractivity contribution >= 4 is 11.9 Å². The maximum Gasteiger partial charge on any atom is 0.335 e. The molecule has 2 atom stereocenters. The highest BCUT2D eigenvalue weighted by Gasteiger charge is 2.52. The van der Waals surface area contributed by atoms with Crippen LogP contribution in [0.15, 0.2) is 0 Å². The number of hydrogen-bond acceptors (Lipinski definition) is 3. The van der Waals surface area contributed by atoms with Crippen molar-refractivity contribution in [2.45, 2.75) is 18.1 Å². The third kappa shape index (κ3) is 2.45. The Morgan fingerprint density at radius 1 is 1.60 bits per heavy atom. The Kier molecular flexibility index (Phi) is 2.75. The van der Waals surface area contributed by atoms with Crippen molar-refractivity contribution in [1.29, 1.82) is 0 Å². The number of amides is 1. The molecule has 1 saturated heterocycles. The number of hydrogen-bond donors (Lipinski definition) is 3. The molecule has 3 N–H and O–H groups in total. The number of aliphatic carboxylic acids is 1. The minimum atomic E-state index is -1.34. The number of carbonyl (C=O) groups excluding carboxylic acids is 1. The van der Waals surface area contributed by atoms with Gasteiger partial charge in [-0.2, -0.15) is 0 Å². The first-order valence-electron chi connectivity index (χ1n) is 4.70. The molecular formula is C9H17N2O4+. The Bertz CT molecular complexity index is 297. The van der Waals surface area contributed by atoms with E-state index < -0.39 is 23.5 Å². The van der Waals surface area contributed by atoms with E-state index in [4.69, 9.17) is 5.11 Å². The number of carboxylic acid groups (broad SMARTS) is 1. The van der Waals surface area contributed by atoms with Gasteiger partial charge in [0.2, 0.25) is 5.91 Å². The summed E-state index contributed by atoms with van der Waals surface area (Å²) in [5.41, 5.74) is -1.34. The Morgan fingerprint density at radius 3 is 2.40 bits per heavy atom. The lowest BCUT2D eigenvalue weighted by molar-refractivity contribution is -0.873. The smallest absolute Gasteiger partial charge is 0.335 e. The summed E-state index contributed by atoms with van der Waals surface area (Å²) in [6.45, 7) is 0.241. The van der Waals surface area contributed by atoms with Gasteiger partial charge in [0.25, 0.3) is 0 Å². The number of aliphatic hydroxyl groups excluding tert-OH is 1. The van der Waals surface area contributed by atoms with E-state index in [-0.39, 0.29) is 13.0 Å². The topological polar surface area (TPSA) is 86.6 Å². The fraction of sp³-hybridized carbons (Fsp3) is 0.778. The van der Waals surface area contributed by atoms with Crippen molar-refractivity contribution in [3.63, 3.8) is 0 Å². The fourth-order valence-electron chi connectivity index (χ4n) is 1.92. The second-order valence-corrected chi connectivity index (χ2v) is 5.04. The molecule has 1 heterocycles. The Morgan fingerprint density at radius 2 is 2.13 bits per heavy atom. The minimum Gasteiger partial charge on any atom is -0.479 e. The van der Waals surface area contributed by atoms with Gasteiger partial charge >= 0.3 is 5.97 Å². The summed E-state index contributed by atoms with van der Waals surface area (Å²) in [5, 5.41) is 20.8. The van der Waals surface area contributed by atoms with E-state index in [0.29, 0.717) is 4.48 Å². The third-order valence-corrected chi connectivity index (χ3v) is 2.36. The van der Waals surface area contributed by atoms with Gasteiger partial charge in [-0.15, -0.1) is 0 Å². The highest BCUT2D eigenvalue weighted by molar-refractivity contribution is 5.93. The lowest BCUT2D eigenvalue weighted by Crippen LogP contribution is -2.59. The molecule has 0 aromatic heterocycles. The third-order valence-electron chi connectivity index (χ3n) is 2.36. The molecule has 1 amide bonds. The average Bonchev–Trinajstić information content (AvgIpc) is 2.24. The van der Waals surface area contributed by atoms with Gasteiger partial charge in [0.15, 0.2) is 5.54 Å². The fourth-order valence-corrected chi connectivity index (χ4v) is 1.92. The molecule has 1 rings (SSSR count). The van der Waals surface area contributed by atoms with Gasteiger partial charge < -0.3 is 20.0 Å². The first-order chi connectivity index (χ1) is 6.66. The van der Waals surface area contributed by atoms with Crippen molar-refractivity contribution in [3.05, 3.63) is 0 Å². The molecule has 1 fully saturated rings. The number of nitrogens with one attached hydrogen (secondary N) is 1. The van der Waals surface area contributed by atoms with Crippen LogP contribution in [0.3, 0.4) is 0 Å². The average molecular weight is 217 g/mol. The van der Waals surface area contributed by atoms with Gasteiger partial charge in [0.1, 0.15) is 12.6 Å². The number of nitrogens with zero attached hydrogens (tertiary/aromatic N) is 1. The standard InChI is InChI=1S/C9H16N2O4/c1-11(2,3)5-9(8(14)15)4-6(12)7(13)10-9/h6,12H,4-5H2,1-3H3,(H-,10,13,14,15)/p+1/t6-,9+/m1/s1. The Balaban J connectivity index is 2.92. The number of quaternary nitrogens is 1. The number of rotatable bonds is 3. The maximum atomic E-state index is 11.2. The highest BCUT2D eigenvalue weighted by atomic mass is 16.4. The van der Waals surface area contributed by atoms with Crippen molar-refractivity contribution in [3.8, 4) is 0 Å². The number of aliphatic hydroxyl groups is 1. The molecule has 0 aliphatic carbocycles. The molecular weight excluding hydrogens is 200 g/mol. The predicted molar refractivity (Wildman–Crippen MR) is 52.0 cm³/mol. The molecule has 6 nitrogen and oxygen atoms in total. The van der Waals surface area contributed by atoms with Crippen molar-refractivity contribution in [2.24, 2.45) is 0 Å². The zero-order valence-corrected chi connectivity index (χ0v) is 9.15. The Labute approximate surface area is 88.1 Å². The van der Waals surface area contributed by atoms with Gasteiger partial charge in [0.05, 0.1) is 21.1 Å². The van der Waals surface area contributed by atoms with E-state index in [2.05, 4.69) is 5.32 Å². The maximum absolute atomic E-state index is 11.2. The van der Waals surface area contributed by atoms with E-state index in [9.17, 15) is 14.7 Å². The summed E-state index contributed by atoms with van der Waals surface area (Å²) in [6, 6.07) is 0. The van der Waals surface area contributed by atoms with Crippen LogP contribution >= 0.6 is 0 Å². The van der Waals surface area contributed by atoms with E-state index in [0.717, 1.165) is 0 Å². The first-order valence-corrected chi connectivity index (χ1v) is 4.70. The van der Waals surface area contributed by atoms with E-state index in [1.165, 1.54) is 0 Å². The largest absolute Gasteiger partial charge is 0.479 e. The van der Waals surface area contributed by atoms with Crippen LogP contribution < -0.4 is 5.32 Å². The molecule has 0 aromatic carbocycles. The summed E-state index contributed by atoms with van der Waals surface area (Å²) in [6.07, 6.45) is -1.29. The molecule has 0 aromatic rings. The number of carboxylic acids is 1. The zero-order chi connectivity index (χ0) is 11.9. The number of likely N-dealkylation sites (N-methyl/N-ethyl adjacent to an activating group) is 1. The van der Waals surface area contributed by atoms with Crippen LogP contribution in [0.4, 0.5) is 0 Å². The molecule has 0 unspecified atom stereocenters. The lowest BCUT2D eigenvalue weighted by atomic mass is 9.95. The van der Waals surface area contributed by atoms with Crippen LogP contribution in [-0.4, -0.2) is 65.9 Å². The summed E-state index contributed by atoms with van der Waals surface area (Å²) in [7, 11) is 5.50. The quantitative estimate of drug-likeness (QED) is 0.497. The van der Waals surface area contributed by atoms with Crippen molar-refractivity contribution in [2.75, 3.05) is 27.7 Å². The van der Waals surface area contributed by atoms with Crippen molar-refractivity contribution < 1.29 is 24.3 Å². The van der Waals surface area contributed by atoms with E-state index in [1.54, 1.807) is 0 Å². The summed E-state index contributed by atoms with van der Waals surface area (Å²) < 4.78 is 0.402. The highest BCUT2D eigenvalue weighted by Crippen LogP contribution is 2.23. The van der Waals surface area contributed by atoms with Gasteiger partial charge in [0, 0.05) is 6.42 Å². The van der Waals surface area contributed by atoms with E-state index in [1.807, 2.05) is 21.1 Å². The summed E-state index contributed by atoms with van der Waals surface area (Å²) in [5.74, 6) is -1.70. The molecule has 0 radical (unpaired) electrons. The Hall–Kier alpha value is -1.14. The van der Waals surface area contributed by atoms with Crippen LogP contribution in [0.2, 0.25) is 0 Å². The van der Waals surface area contributed by atoms with E-state index >= 15 is 0 Å². The van der Waals surface area contributed by atoms with Gasteiger partial charge in [-0.1, -0.05) is 0 Å². The van der Waals surface area contributed by atoms with Crippen LogP contribution in [-0.2, 0) is 9.59 Å². The van der Waals surface area contributed by atoms with Crippen LogP contribution in [0.1, 0.15) is 6.42 Å². The molecule has 15 heavy (non-hydrogen) atoms. The van der Waals surface area contributed by atoms with Gasteiger partial charge in [-0.3, -0.25) is 4.79 Å². The van der Waals surface area contributed by atoms with Crippen molar-refractivity contribution in [1.82, 2.24) is 5.32 Å². The molecule has 1 aliphatic rings. The second kappa shape index (κ2) is 3.46. The molecule has 0 bridgehead atoms. The summed E-state index contributed by atoms with van der Waals surface area (Å²) >= 11 is 0. The minimum absolute atomic E-state index is 0.0727. The SMILES string of the molecule is C[N+](C)(C)C[C@]1(C(=O)O)C[C@@H](O)C(=O)N1. The van der Waals surface area contributed by atoms with Crippen LogP contribution in [0, 0.1) is 0 Å². The molecule has 0 spiro atoms. The van der Waals surface area contributed by atoms with Crippen LogP contribution in [0.25, 0.3) is 0 Å². The van der Waals surface area contributed by atoms with Gasteiger partial charge in [-0.25, -0.2) is 4.79 Å². The molecule has 6 heteroatoms. The molecule has 86 valence electrons. The lowest BCUT2D eigenvalue weighted by Gasteiger charge is -2.33. The monoisotopic (exact) mass is 217 g/mol. The number of carbonyl (C=O) groups is 2. The normalized spacial score (nSPS) is 31.5. The summed E-state index contributed by atoms with van der Waals surface area (Å²) in [4.78, 5) is 22.3.